The molecule has 10 heteroatoms. The van der Waals surface area contributed by atoms with Gasteiger partial charge < -0.3 is 10.2 Å². The Hall–Kier alpha value is -1.16. The molecule has 2 aromatic rings. The highest BCUT2D eigenvalue weighted by Crippen LogP contribution is 2.27. The standard InChI is InChI=1S/C17H19Cl2N3O3S2/c18-14-3-1-13(2-4-14)11-20-16(23)12-21-7-9-22(10-8-21)27(24,25)17-6-5-15(19)26-17/h1-6H,7-12H2,(H,20,23)/p+1. The Labute approximate surface area is 172 Å². The lowest BCUT2D eigenvalue weighted by Gasteiger charge is -2.30. The third-order valence-corrected chi connectivity index (χ3v) is 8.23. The lowest BCUT2D eigenvalue weighted by molar-refractivity contribution is -0.895. The largest absolute Gasteiger partial charge is 0.347 e. The van der Waals surface area contributed by atoms with Gasteiger partial charge in [-0.05, 0) is 29.8 Å². The number of thiophene rings is 1. The highest BCUT2D eigenvalue weighted by atomic mass is 35.5. The third-order valence-electron chi connectivity index (χ3n) is 4.39. The van der Waals surface area contributed by atoms with Gasteiger partial charge in [-0.3, -0.25) is 4.79 Å². The number of halogens is 2. The fourth-order valence-corrected chi connectivity index (χ4v) is 6.08. The molecule has 1 aliphatic rings. The molecule has 0 radical (unpaired) electrons. The Morgan fingerprint density at radius 1 is 1.11 bits per heavy atom. The SMILES string of the molecule is O=C(C[NH+]1CCN(S(=O)(=O)c2ccc(Cl)s2)CC1)NCc1ccc(Cl)cc1. The van der Waals surface area contributed by atoms with Crippen LogP contribution in [0.4, 0.5) is 0 Å². The van der Waals surface area contributed by atoms with Crippen molar-refractivity contribution in [2.75, 3.05) is 32.7 Å². The normalized spacial score (nSPS) is 16.4. The molecule has 0 saturated carbocycles. The summed E-state index contributed by atoms with van der Waals surface area (Å²) in [6.45, 7) is 2.73. The van der Waals surface area contributed by atoms with Crippen molar-refractivity contribution in [2.24, 2.45) is 0 Å². The van der Waals surface area contributed by atoms with Gasteiger partial charge in [0.25, 0.3) is 15.9 Å². The smallest absolute Gasteiger partial charge is 0.275 e. The zero-order valence-electron chi connectivity index (χ0n) is 14.5. The second-order valence-electron chi connectivity index (χ2n) is 6.29. The van der Waals surface area contributed by atoms with E-state index in [1.54, 1.807) is 18.2 Å². The van der Waals surface area contributed by atoms with E-state index in [0.29, 0.717) is 48.6 Å². The topological polar surface area (TPSA) is 70.9 Å². The first-order valence-corrected chi connectivity index (χ1v) is 11.5. The number of carbonyl (C=O) groups excluding carboxylic acids is 1. The Morgan fingerprint density at radius 3 is 2.37 bits per heavy atom. The third kappa shape index (κ3) is 5.43. The van der Waals surface area contributed by atoms with Gasteiger partial charge in [-0.2, -0.15) is 4.31 Å². The van der Waals surface area contributed by atoms with E-state index in [9.17, 15) is 13.2 Å². The predicted octanol–water partition coefficient (Wildman–Crippen LogP) is 1.26. The number of piperazine rings is 1. The molecule has 1 saturated heterocycles. The fourth-order valence-electron chi connectivity index (χ4n) is 2.88. The lowest BCUT2D eigenvalue weighted by Crippen LogP contribution is -3.15. The summed E-state index contributed by atoms with van der Waals surface area (Å²) in [5, 5.41) is 3.55. The summed E-state index contributed by atoms with van der Waals surface area (Å²) in [5.41, 5.74) is 0.980. The number of nitrogens with one attached hydrogen (secondary N) is 2. The molecule has 1 aliphatic heterocycles. The average molecular weight is 449 g/mol. The Kier molecular flexibility index (Phi) is 6.78. The molecule has 3 rings (SSSR count). The Balaban J connectivity index is 1.46. The molecule has 27 heavy (non-hydrogen) atoms. The lowest BCUT2D eigenvalue weighted by atomic mass is 10.2. The number of sulfonamides is 1. The number of hydrogen-bond acceptors (Lipinski definition) is 4. The van der Waals surface area contributed by atoms with Gasteiger partial charge in [0, 0.05) is 11.6 Å². The molecule has 0 aliphatic carbocycles. The minimum atomic E-state index is -3.50. The highest BCUT2D eigenvalue weighted by molar-refractivity contribution is 7.91. The first-order chi connectivity index (χ1) is 12.8. The number of benzene rings is 1. The molecule has 0 atom stereocenters. The van der Waals surface area contributed by atoms with Gasteiger partial charge in [-0.1, -0.05) is 35.3 Å². The van der Waals surface area contributed by atoms with Crippen molar-refractivity contribution in [1.29, 1.82) is 0 Å². The van der Waals surface area contributed by atoms with Crippen LogP contribution in [0.2, 0.25) is 9.36 Å². The summed E-state index contributed by atoms with van der Waals surface area (Å²) in [7, 11) is -3.50. The van der Waals surface area contributed by atoms with E-state index in [0.717, 1.165) is 21.8 Å². The predicted molar refractivity (Wildman–Crippen MR) is 107 cm³/mol. The van der Waals surface area contributed by atoms with Crippen LogP contribution in [0.1, 0.15) is 5.56 Å². The fraction of sp³-hybridized carbons (Fsp3) is 0.353. The summed E-state index contributed by atoms with van der Waals surface area (Å²) < 4.78 is 27.4. The number of hydrogen-bond donors (Lipinski definition) is 2. The van der Waals surface area contributed by atoms with E-state index in [4.69, 9.17) is 23.2 Å². The maximum absolute atomic E-state index is 12.6. The van der Waals surface area contributed by atoms with Gasteiger partial charge in [0.1, 0.15) is 4.21 Å². The molecule has 0 spiro atoms. The van der Waals surface area contributed by atoms with Gasteiger partial charge >= 0.3 is 0 Å². The summed E-state index contributed by atoms with van der Waals surface area (Å²) in [6.07, 6.45) is 0. The first kappa shape index (κ1) is 20.6. The molecule has 2 N–H and O–H groups in total. The Bertz CT molecular complexity index is 892. The maximum Gasteiger partial charge on any atom is 0.275 e. The second kappa shape index (κ2) is 8.89. The summed E-state index contributed by atoms with van der Waals surface area (Å²) in [4.78, 5) is 13.2. The van der Waals surface area contributed by atoms with Crippen molar-refractivity contribution < 1.29 is 18.1 Å². The van der Waals surface area contributed by atoms with Gasteiger partial charge in [0.15, 0.2) is 6.54 Å². The molecule has 1 fully saturated rings. The molecule has 1 amide bonds. The van der Waals surface area contributed by atoms with E-state index in [1.807, 2.05) is 12.1 Å². The van der Waals surface area contributed by atoms with Crippen LogP contribution in [0, 0.1) is 0 Å². The second-order valence-corrected chi connectivity index (χ2v) is 10.6. The van der Waals surface area contributed by atoms with Crippen molar-refractivity contribution in [2.45, 2.75) is 10.8 Å². The van der Waals surface area contributed by atoms with Crippen LogP contribution < -0.4 is 10.2 Å². The minimum absolute atomic E-state index is 0.0544. The van der Waals surface area contributed by atoms with E-state index >= 15 is 0 Å². The van der Waals surface area contributed by atoms with Crippen LogP contribution in [-0.2, 0) is 21.4 Å². The van der Waals surface area contributed by atoms with Gasteiger partial charge in [-0.25, -0.2) is 8.42 Å². The van der Waals surface area contributed by atoms with E-state index < -0.39 is 10.0 Å². The molecular formula is C17H20Cl2N3O3S2+. The highest BCUT2D eigenvalue weighted by Gasteiger charge is 2.32. The van der Waals surface area contributed by atoms with Crippen LogP contribution in [0.5, 0.6) is 0 Å². The van der Waals surface area contributed by atoms with Crippen molar-refractivity contribution in [1.82, 2.24) is 9.62 Å². The van der Waals surface area contributed by atoms with Crippen LogP contribution in [0.3, 0.4) is 0 Å². The molecular weight excluding hydrogens is 429 g/mol. The van der Waals surface area contributed by atoms with Crippen molar-refractivity contribution in [3.63, 3.8) is 0 Å². The van der Waals surface area contributed by atoms with E-state index in [-0.39, 0.29) is 10.1 Å². The molecule has 1 aromatic heterocycles. The monoisotopic (exact) mass is 448 g/mol. The van der Waals surface area contributed by atoms with Gasteiger partial charge in [-0.15, -0.1) is 11.3 Å². The zero-order valence-corrected chi connectivity index (χ0v) is 17.6. The first-order valence-electron chi connectivity index (χ1n) is 8.45. The van der Waals surface area contributed by atoms with Crippen LogP contribution in [0.15, 0.2) is 40.6 Å². The zero-order chi connectivity index (χ0) is 19.4. The van der Waals surface area contributed by atoms with Gasteiger partial charge in [0.2, 0.25) is 0 Å². The quantitative estimate of drug-likeness (QED) is 0.698. The number of amides is 1. The summed E-state index contributed by atoms with van der Waals surface area (Å²) >= 11 is 12.8. The molecule has 0 unspecified atom stereocenters. The van der Waals surface area contributed by atoms with Crippen LogP contribution in [-0.4, -0.2) is 51.4 Å². The van der Waals surface area contributed by atoms with E-state index in [1.165, 1.54) is 10.4 Å². The van der Waals surface area contributed by atoms with Crippen molar-refractivity contribution in [3.05, 3.63) is 51.3 Å². The molecule has 6 nitrogen and oxygen atoms in total. The number of rotatable bonds is 6. The van der Waals surface area contributed by atoms with Crippen molar-refractivity contribution in [3.8, 4) is 0 Å². The van der Waals surface area contributed by atoms with Crippen LogP contribution >= 0.6 is 34.5 Å². The number of quaternary nitrogens is 1. The summed E-state index contributed by atoms with van der Waals surface area (Å²) in [6, 6.07) is 10.4. The maximum atomic E-state index is 12.6. The van der Waals surface area contributed by atoms with Crippen molar-refractivity contribution >= 4 is 50.5 Å². The molecule has 2 heterocycles. The minimum Gasteiger partial charge on any atom is -0.347 e. The Morgan fingerprint density at radius 2 is 1.78 bits per heavy atom. The molecule has 146 valence electrons. The average Bonchev–Trinajstić information content (AvgIpc) is 3.09. The van der Waals surface area contributed by atoms with Gasteiger partial charge in [0.05, 0.1) is 30.5 Å². The number of carbonyl (C=O) groups is 1. The molecule has 1 aromatic carbocycles. The number of nitrogens with zero attached hydrogens (tertiary/aromatic N) is 1. The van der Waals surface area contributed by atoms with Crippen LogP contribution in [0.25, 0.3) is 0 Å². The van der Waals surface area contributed by atoms with E-state index in [2.05, 4.69) is 5.32 Å². The summed E-state index contributed by atoms with van der Waals surface area (Å²) in [5.74, 6) is -0.0544. The molecule has 0 bridgehead atoms.